The van der Waals surface area contributed by atoms with Crippen LogP contribution in [0.15, 0.2) is 18.2 Å². The third kappa shape index (κ3) is 2.20. The fourth-order valence-corrected chi connectivity index (χ4v) is 2.22. The van der Waals surface area contributed by atoms with Gasteiger partial charge in [-0.3, -0.25) is 0 Å². The fraction of sp³-hybridized carbons (Fsp3) is 0.538. The van der Waals surface area contributed by atoms with Crippen LogP contribution in [0.25, 0.3) is 0 Å². The molecule has 88 valence electrons. The Morgan fingerprint density at radius 1 is 1.50 bits per heavy atom. The van der Waals surface area contributed by atoms with Crippen LogP contribution in [0.5, 0.6) is 5.75 Å². The quantitative estimate of drug-likeness (QED) is 0.817. The molecule has 1 aromatic carbocycles. The normalized spacial score (nSPS) is 23.7. The summed E-state index contributed by atoms with van der Waals surface area (Å²) in [5, 5.41) is 12.6. The summed E-state index contributed by atoms with van der Waals surface area (Å²) in [4.78, 5) is 0. The maximum absolute atomic E-state index is 9.20. The molecule has 1 heterocycles. The summed E-state index contributed by atoms with van der Waals surface area (Å²) in [6.45, 7) is 5.19. The molecule has 0 aromatic heterocycles. The van der Waals surface area contributed by atoms with E-state index >= 15 is 0 Å². The molecule has 0 saturated carbocycles. The van der Waals surface area contributed by atoms with Crippen LogP contribution in [0.4, 0.5) is 0 Å². The maximum Gasteiger partial charge on any atom is 0.124 e. The number of nitrogens with one attached hydrogen (secondary N) is 1. The van der Waals surface area contributed by atoms with Gasteiger partial charge in [-0.15, -0.1) is 0 Å². The number of rotatable bonds is 3. The first-order valence-electron chi connectivity index (χ1n) is 5.86. The Kier molecular flexibility index (Phi) is 3.46. The van der Waals surface area contributed by atoms with E-state index in [1.807, 2.05) is 12.1 Å². The van der Waals surface area contributed by atoms with Crippen molar-refractivity contribution in [3.8, 4) is 5.75 Å². The molecule has 3 nitrogen and oxygen atoms in total. The van der Waals surface area contributed by atoms with Gasteiger partial charge in [-0.2, -0.15) is 0 Å². The molecule has 2 unspecified atom stereocenters. The molecule has 0 bridgehead atoms. The predicted octanol–water partition coefficient (Wildman–Crippen LogP) is 1.79. The molecule has 0 fully saturated rings. The first kappa shape index (κ1) is 11.4. The van der Waals surface area contributed by atoms with Crippen molar-refractivity contribution in [1.82, 2.24) is 5.32 Å². The van der Waals surface area contributed by atoms with Crippen molar-refractivity contribution >= 4 is 0 Å². The van der Waals surface area contributed by atoms with Gasteiger partial charge in [-0.1, -0.05) is 24.6 Å². The Hall–Kier alpha value is -1.06. The molecule has 0 saturated heterocycles. The fourth-order valence-electron chi connectivity index (χ4n) is 2.22. The highest BCUT2D eigenvalue weighted by atomic mass is 16.5. The molecule has 0 aliphatic carbocycles. The van der Waals surface area contributed by atoms with E-state index in [1.54, 1.807) is 0 Å². The second kappa shape index (κ2) is 4.85. The summed E-state index contributed by atoms with van der Waals surface area (Å²) in [6, 6.07) is 6.50. The second-order valence-corrected chi connectivity index (χ2v) is 4.31. The molecule has 3 heteroatoms. The van der Waals surface area contributed by atoms with E-state index in [2.05, 4.69) is 25.2 Å². The zero-order chi connectivity index (χ0) is 11.5. The lowest BCUT2D eigenvalue weighted by molar-refractivity contribution is 0.0837. The van der Waals surface area contributed by atoms with Gasteiger partial charge in [0.15, 0.2) is 0 Å². The van der Waals surface area contributed by atoms with Crippen molar-refractivity contribution in [2.24, 2.45) is 0 Å². The van der Waals surface area contributed by atoms with E-state index in [4.69, 9.17) is 4.74 Å². The Balaban J connectivity index is 2.31. The van der Waals surface area contributed by atoms with Gasteiger partial charge in [0.2, 0.25) is 0 Å². The topological polar surface area (TPSA) is 41.5 Å². The van der Waals surface area contributed by atoms with Crippen LogP contribution in [0.3, 0.4) is 0 Å². The lowest BCUT2D eigenvalue weighted by atomic mass is 9.95. The first-order valence-corrected chi connectivity index (χ1v) is 5.86. The molecule has 2 rings (SSSR count). The molecule has 1 aromatic rings. The van der Waals surface area contributed by atoms with Crippen molar-refractivity contribution in [3.63, 3.8) is 0 Å². The van der Waals surface area contributed by atoms with Crippen molar-refractivity contribution in [2.45, 2.75) is 32.4 Å². The molecule has 2 N–H and O–H groups in total. The van der Waals surface area contributed by atoms with Crippen LogP contribution < -0.4 is 10.1 Å². The van der Waals surface area contributed by atoms with Gasteiger partial charge in [-0.25, -0.2) is 0 Å². The number of ether oxygens (including phenoxy) is 1. The number of benzene rings is 1. The molecule has 16 heavy (non-hydrogen) atoms. The predicted molar refractivity (Wildman–Crippen MR) is 63.7 cm³/mol. The molecule has 0 amide bonds. The lowest BCUT2D eigenvalue weighted by Gasteiger charge is -2.32. The summed E-state index contributed by atoms with van der Waals surface area (Å²) in [6.07, 6.45) is 0.750. The average Bonchev–Trinajstić information content (AvgIpc) is 2.30. The Morgan fingerprint density at radius 3 is 3.00 bits per heavy atom. The summed E-state index contributed by atoms with van der Waals surface area (Å²) in [5.41, 5.74) is 2.46. The largest absolute Gasteiger partial charge is 0.488 e. The molecular weight excluding hydrogens is 202 g/mol. The van der Waals surface area contributed by atoms with Crippen LogP contribution in [0.2, 0.25) is 0 Å². The Bertz CT molecular complexity index is 365. The van der Waals surface area contributed by atoms with Crippen LogP contribution >= 0.6 is 0 Å². The van der Waals surface area contributed by atoms with Gasteiger partial charge in [0.25, 0.3) is 0 Å². The summed E-state index contributed by atoms with van der Waals surface area (Å²) in [7, 11) is 0. The standard InChI is InChI=1S/C13H19NO2/c1-3-14-12-7-10(8-15)16-13-5-4-9(2)6-11(12)13/h4-6,10,12,14-15H,3,7-8H2,1-2H3. The Morgan fingerprint density at radius 2 is 2.31 bits per heavy atom. The highest BCUT2D eigenvalue weighted by Gasteiger charge is 2.27. The van der Waals surface area contributed by atoms with Gasteiger partial charge in [-0.05, 0) is 19.5 Å². The monoisotopic (exact) mass is 221 g/mol. The van der Waals surface area contributed by atoms with Crippen molar-refractivity contribution in [1.29, 1.82) is 0 Å². The van der Waals surface area contributed by atoms with Gasteiger partial charge in [0.1, 0.15) is 11.9 Å². The molecular formula is C13H19NO2. The van der Waals surface area contributed by atoms with E-state index in [9.17, 15) is 5.11 Å². The number of hydrogen-bond acceptors (Lipinski definition) is 3. The summed E-state index contributed by atoms with van der Waals surface area (Å²) >= 11 is 0. The molecule has 1 aliphatic rings. The zero-order valence-corrected chi connectivity index (χ0v) is 9.86. The highest BCUT2D eigenvalue weighted by Crippen LogP contribution is 2.35. The molecule has 1 aliphatic heterocycles. The van der Waals surface area contributed by atoms with Crippen molar-refractivity contribution < 1.29 is 9.84 Å². The minimum atomic E-state index is -0.0840. The Labute approximate surface area is 96.4 Å². The molecule has 2 atom stereocenters. The van der Waals surface area contributed by atoms with Crippen LogP contribution in [0.1, 0.15) is 30.5 Å². The van der Waals surface area contributed by atoms with Crippen LogP contribution in [-0.4, -0.2) is 24.4 Å². The van der Waals surface area contributed by atoms with Crippen LogP contribution in [-0.2, 0) is 0 Å². The van der Waals surface area contributed by atoms with Crippen LogP contribution in [0, 0.1) is 6.92 Å². The molecule has 0 spiro atoms. The number of fused-ring (bicyclic) bond motifs is 1. The number of aryl methyl sites for hydroxylation is 1. The number of hydrogen-bond donors (Lipinski definition) is 2. The number of aliphatic hydroxyl groups excluding tert-OH is 1. The van der Waals surface area contributed by atoms with E-state index in [1.165, 1.54) is 11.1 Å². The highest BCUT2D eigenvalue weighted by molar-refractivity contribution is 5.40. The van der Waals surface area contributed by atoms with Crippen molar-refractivity contribution in [2.75, 3.05) is 13.2 Å². The van der Waals surface area contributed by atoms with Gasteiger partial charge in [0.05, 0.1) is 6.61 Å². The third-order valence-electron chi connectivity index (χ3n) is 2.99. The first-order chi connectivity index (χ1) is 7.74. The second-order valence-electron chi connectivity index (χ2n) is 4.31. The lowest BCUT2D eigenvalue weighted by Crippen LogP contribution is -2.34. The van der Waals surface area contributed by atoms with E-state index in [-0.39, 0.29) is 12.7 Å². The third-order valence-corrected chi connectivity index (χ3v) is 2.99. The van der Waals surface area contributed by atoms with E-state index < -0.39 is 0 Å². The van der Waals surface area contributed by atoms with E-state index in [0.717, 1.165) is 18.7 Å². The minimum Gasteiger partial charge on any atom is -0.488 e. The number of aliphatic hydroxyl groups is 1. The smallest absolute Gasteiger partial charge is 0.124 e. The van der Waals surface area contributed by atoms with Gasteiger partial charge >= 0.3 is 0 Å². The maximum atomic E-state index is 9.20. The molecule has 0 radical (unpaired) electrons. The zero-order valence-electron chi connectivity index (χ0n) is 9.86. The SMILES string of the molecule is CCNC1CC(CO)Oc2ccc(C)cc21. The van der Waals surface area contributed by atoms with Gasteiger partial charge < -0.3 is 15.2 Å². The summed E-state index contributed by atoms with van der Waals surface area (Å²) < 4.78 is 5.72. The van der Waals surface area contributed by atoms with E-state index in [0.29, 0.717) is 6.04 Å². The van der Waals surface area contributed by atoms with Gasteiger partial charge in [0, 0.05) is 18.0 Å². The summed E-state index contributed by atoms with van der Waals surface area (Å²) in [5.74, 6) is 0.904. The average molecular weight is 221 g/mol. The minimum absolute atomic E-state index is 0.0786. The van der Waals surface area contributed by atoms with Crippen molar-refractivity contribution in [3.05, 3.63) is 29.3 Å².